The molecule has 2 unspecified atom stereocenters. The highest BCUT2D eigenvalue weighted by atomic mass is 16.6. The second kappa shape index (κ2) is 8.77. The van der Waals surface area contributed by atoms with Gasteiger partial charge in [0, 0.05) is 18.6 Å². The summed E-state index contributed by atoms with van der Waals surface area (Å²) in [5.74, 6) is 0.865. The lowest BCUT2D eigenvalue weighted by Gasteiger charge is -2.23. The molecular formula is C18H30N2O3. The van der Waals surface area contributed by atoms with Gasteiger partial charge >= 0.3 is 6.09 Å². The molecule has 5 heteroatoms. The normalized spacial score (nSPS) is 14.0. The van der Waals surface area contributed by atoms with E-state index in [1.165, 1.54) is 5.56 Å². The van der Waals surface area contributed by atoms with Gasteiger partial charge in [-0.1, -0.05) is 12.1 Å². The molecule has 0 aliphatic heterocycles. The third kappa shape index (κ3) is 8.45. The van der Waals surface area contributed by atoms with Gasteiger partial charge in [0.2, 0.25) is 0 Å². The first kappa shape index (κ1) is 19.3. The van der Waals surface area contributed by atoms with Gasteiger partial charge in [-0.2, -0.15) is 0 Å². The second-order valence-corrected chi connectivity index (χ2v) is 6.90. The number of benzene rings is 1. The van der Waals surface area contributed by atoms with E-state index in [4.69, 9.17) is 9.47 Å². The van der Waals surface area contributed by atoms with Crippen molar-refractivity contribution in [2.75, 3.05) is 13.7 Å². The van der Waals surface area contributed by atoms with Gasteiger partial charge in [0.05, 0.1) is 7.11 Å². The van der Waals surface area contributed by atoms with Crippen molar-refractivity contribution in [2.45, 2.75) is 58.7 Å². The Hall–Kier alpha value is -1.75. The molecule has 0 spiro atoms. The van der Waals surface area contributed by atoms with E-state index in [1.54, 1.807) is 7.11 Å². The average molecular weight is 322 g/mol. The van der Waals surface area contributed by atoms with Crippen molar-refractivity contribution in [1.82, 2.24) is 10.6 Å². The molecule has 2 N–H and O–H groups in total. The number of methoxy groups -OCH3 is 1. The molecule has 0 saturated heterocycles. The Kier molecular flexibility index (Phi) is 7.36. The molecule has 0 saturated carbocycles. The van der Waals surface area contributed by atoms with Crippen LogP contribution in [0.1, 0.15) is 40.2 Å². The highest BCUT2D eigenvalue weighted by Gasteiger charge is 2.16. The van der Waals surface area contributed by atoms with Crippen LogP contribution in [0.2, 0.25) is 0 Å². The Labute approximate surface area is 139 Å². The molecule has 5 nitrogen and oxygen atoms in total. The summed E-state index contributed by atoms with van der Waals surface area (Å²) in [6, 6.07) is 8.54. The number of rotatable bonds is 7. The van der Waals surface area contributed by atoms with Gasteiger partial charge in [0.15, 0.2) is 0 Å². The summed E-state index contributed by atoms with van der Waals surface area (Å²) in [6.07, 6.45) is 0.537. The van der Waals surface area contributed by atoms with Crippen molar-refractivity contribution in [3.05, 3.63) is 29.8 Å². The molecule has 0 aliphatic carbocycles. The van der Waals surface area contributed by atoms with Crippen LogP contribution in [0.4, 0.5) is 4.79 Å². The molecule has 0 heterocycles. The van der Waals surface area contributed by atoms with Crippen LogP contribution in [0, 0.1) is 0 Å². The van der Waals surface area contributed by atoms with E-state index in [2.05, 4.69) is 29.7 Å². The van der Waals surface area contributed by atoms with E-state index in [0.29, 0.717) is 12.6 Å². The van der Waals surface area contributed by atoms with Gasteiger partial charge in [-0.25, -0.2) is 4.79 Å². The van der Waals surface area contributed by atoms with Crippen LogP contribution in [0.5, 0.6) is 5.75 Å². The summed E-state index contributed by atoms with van der Waals surface area (Å²) < 4.78 is 10.4. The summed E-state index contributed by atoms with van der Waals surface area (Å²) >= 11 is 0. The zero-order chi connectivity index (χ0) is 17.5. The third-order valence-corrected chi connectivity index (χ3v) is 3.22. The van der Waals surface area contributed by atoms with Crippen molar-refractivity contribution in [2.24, 2.45) is 0 Å². The molecule has 0 fully saturated rings. The minimum Gasteiger partial charge on any atom is -0.497 e. The predicted molar refractivity (Wildman–Crippen MR) is 93.0 cm³/mol. The number of nitrogens with one attached hydrogen (secondary N) is 2. The summed E-state index contributed by atoms with van der Waals surface area (Å²) in [5.41, 5.74) is 0.778. The van der Waals surface area contributed by atoms with Crippen LogP contribution in [-0.2, 0) is 11.2 Å². The molecule has 1 rings (SSSR count). The first-order chi connectivity index (χ1) is 10.7. The summed E-state index contributed by atoms with van der Waals surface area (Å²) in [6.45, 7) is 10.3. The van der Waals surface area contributed by atoms with Crippen LogP contribution in [-0.4, -0.2) is 37.4 Å². The van der Waals surface area contributed by atoms with E-state index in [0.717, 1.165) is 12.2 Å². The SMILES string of the molecule is COc1ccc(CC(C)NC(C)CNC(=O)OC(C)(C)C)cc1. The molecule has 1 aromatic rings. The van der Waals surface area contributed by atoms with Crippen LogP contribution >= 0.6 is 0 Å². The number of hydrogen-bond acceptors (Lipinski definition) is 4. The van der Waals surface area contributed by atoms with Gasteiger partial charge in [-0.15, -0.1) is 0 Å². The largest absolute Gasteiger partial charge is 0.497 e. The lowest BCUT2D eigenvalue weighted by molar-refractivity contribution is 0.0522. The summed E-state index contributed by atoms with van der Waals surface area (Å²) in [4.78, 5) is 11.6. The van der Waals surface area contributed by atoms with E-state index >= 15 is 0 Å². The molecule has 2 atom stereocenters. The number of carbonyl (C=O) groups is 1. The molecule has 1 aromatic carbocycles. The Bertz CT molecular complexity index is 480. The number of amides is 1. The summed E-state index contributed by atoms with van der Waals surface area (Å²) in [7, 11) is 1.67. The van der Waals surface area contributed by atoms with Crippen LogP contribution < -0.4 is 15.4 Å². The standard InChI is InChI=1S/C18H30N2O3/c1-13(11-15-7-9-16(22-6)10-8-15)20-14(2)12-19-17(21)23-18(3,4)5/h7-10,13-14,20H,11-12H2,1-6H3,(H,19,21). The smallest absolute Gasteiger partial charge is 0.407 e. The molecule has 130 valence electrons. The zero-order valence-electron chi connectivity index (χ0n) is 15.1. The van der Waals surface area contributed by atoms with E-state index in [9.17, 15) is 4.79 Å². The Morgan fingerprint density at radius 1 is 1.13 bits per heavy atom. The highest BCUT2D eigenvalue weighted by molar-refractivity contribution is 5.67. The number of hydrogen-bond donors (Lipinski definition) is 2. The minimum absolute atomic E-state index is 0.163. The van der Waals surface area contributed by atoms with Crippen molar-refractivity contribution in [1.29, 1.82) is 0 Å². The van der Waals surface area contributed by atoms with Crippen molar-refractivity contribution in [3.63, 3.8) is 0 Å². The number of carbonyl (C=O) groups excluding carboxylic acids is 1. The third-order valence-electron chi connectivity index (χ3n) is 3.22. The van der Waals surface area contributed by atoms with E-state index in [-0.39, 0.29) is 12.1 Å². The van der Waals surface area contributed by atoms with E-state index < -0.39 is 5.60 Å². The minimum atomic E-state index is -0.470. The fraction of sp³-hybridized carbons (Fsp3) is 0.611. The topological polar surface area (TPSA) is 59.6 Å². The zero-order valence-corrected chi connectivity index (χ0v) is 15.1. The van der Waals surface area contributed by atoms with Gasteiger partial charge in [0.1, 0.15) is 11.4 Å². The molecule has 0 aliphatic rings. The molecule has 23 heavy (non-hydrogen) atoms. The van der Waals surface area contributed by atoms with Crippen LogP contribution in [0.3, 0.4) is 0 Å². The van der Waals surface area contributed by atoms with Crippen molar-refractivity contribution < 1.29 is 14.3 Å². The Morgan fingerprint density at radius 2 is 1.74 bits per heavy atom. The lowest BCUT2D eigenvalue weighted by Crippen LogP contribution is -2.44. The van der Waals surface area contributed by atoms with Crippen molar-refractivity contribution >= 4 is 6.09 Å². The van der Waals surface area contributed by atoms with Gasteiger partial charge in [0.25, 0.3) is 0 Å². The van der Waals surface area contributed by atoms with Gasteiger partial charge < -0.3 is 20.1 Å². The fourth-order valence-electron chi connectivity index (χ4n) is 2.27. The van der Waals surface area contributed by atoms with Crippen molar-refractivity contribution in [3.8, 4) is 5.75 Å². The van der Waals surface area contributed by atoms with Crippen LogP contribution in [0.15, 0.2) is 24.3 Å². The molecule has 0 radical (unpaired) electrons. The second-order valence-electron chi connectivity index (χ2n) is 6.90. The van der Waals surface area contributed by atoms with Gasteiger partial charge in [-0.05, 0) is 58.7 Å². The maximum Gasteiger partial charge on any atom is 0.407 e. The summed E-state index contributed by atoms with van der Waals surface area (Å²) in [5, 5.41) is 6.26. The maximum absolute atomic E-state index is 11.6. The Morgan fingerprint density at radius 3 is 2.26 bits per heavy atom. The lowest BCUT2D eigenvalue weighted by atomic mass is 10.1. The first-order valence-corrected chi connectivity index (χ1v) is 8.05. The number of ether oxygens (including phenoxy) is 2. The highest BCUT2D eigenvalue weighted by Crippen LogP contribution is 2.12. The number of alkyl carbamates (subject to hydrolysis) is 1. The molecule has 0 bridgehead atoms. The predicted octanol–water partition coefficient (Wildman–Crippen LogP) is 3.13. The molecule has 1 amide bonds. The molecule has 0 aromatic heterocycles. The average Bonchev–Trinajstić information content (AvgIpc) is 2.44. The first-order valence-electron chi connectivity index (χ1n) is 8.05. The fourth-order valence-corrected chi connectivity index (χ4v) is 2.27. The molecular weight excluding hydrogens is 292 g/mol. The monoisotopic (exact) mass is 322 g/mol. The Balaban J connectivity index is 2.32. The van der Waals surface area contributed by atoms with Gasteiger partial charge in [-0.3, -0.25) is 0 Å². The quantitative estimate of drug-likeness (QED) is 0.810. The van der Waals surface area contributed by atoms with E-state index in [1.807, 2.05) is 39.8 Å². The maximum atomic E-state index is 11.6. The van der Waals surface area contributed by atoms with Crippen LogP contribution in [0.25, 0.3) is 0 Å².